The zero-order chi connectivity index (χ0) is 17.2. The third-order valence-electron chi connectivity index (χ3n) is 4.17. The van der Waals surface area contributed by atoms with Crippen LogP contribution in [0.25, 0.3) is 0 Å². The van der Waals surface area contributed by atoms with Gasteiger partial charge >= 0.3 is 6.36 Å². The Morgan fingerprint density at radius 1 is 1.08 bits per heavy atom. The van der Waals surface area contributed by atoms with E-state index in [-0.39, 0.29) is 11.7 Å². The molecule has 8 heteroatoms. The van der Waals surface area contributed by atoms with Crippen molar-refractivity contribution in [3.05, 3.63) is 29.8 Å². The highest BCUT2D eigenvalue weighted by molar-refractivity contribution is 5.94. The van der Waals surface area contributed by atoms with E-state index in [0.717, 1.165) is 18.6 Å². The van der Waals surface area contributed by atoms with Gasteiger partial charge in [0.05, 0.1) is 13.2 Å². The fourth-order valence-electron chi connectivity index (χ4n) is 2.94. The SMILES string of the molecule is O=C(c1ccc(OC(F)(F)F)cc1)N1CCC2(CC1)OCCCO2. The fourth-order valence-corrected chi connectivity index (χ4v) is 2.94. The molecule has 24 heavy (non-hydrogen) atoms. The molecule has 1 amide bonds. The molecular formula is C16H18F3NO4. The van der Waals surface area contributed by atoms with Crippen molar-refractivity contribution in [3.63, 3.8) is 0 Å². The number of halogens is 3. The summed E-state index contributed by atoms with van der Waals surface area (Å²) in [5, 5.41) is 0. The molecule has 0 atom stereocenters. The van der Waals surface area contributed by atoms with E-state index in [2.05, 4.69) is 4.74 Å². The second kappa shape index (κ2) is 6.60. The molecule has 0 saturated carbocycles. The average molecular weight is 345 g/mol. The van der Waals surface area contributed by atoms with Gasteiger partial charge in [-0.05, 0) is 30.7 Å². The number of carbonyl (C=O) groups excluding carboxylic acids is 1. The Hall–Kier alpha value is -1.80. The summed E-state index contributed by atoms with van der Waals surface area (Å²) in [5.41, 5.74) is 0.325. The highest BCUT2D eigenvalue weighted by atomic mass is 19.4. The quantitative estimate of drug-likeness (QED) is 0.827. The van der Waals surface area contributed by atoms with Crippen LogP contribution >= 0.6 is 0 Å². The Balaban J connectivity index is 1.59. The van der Waals surface area contributed by atoms with Gasteiger partial charge in [-0.25, -0.2) is 0 Å². The molecule has 2 aliphatic heterocycles. The topological polar surface area (TPSA) is 48.0 Å². The number of piperidine rings is 1. The van der Waals surface area contributed by atoms with Gasteiger partial charge in [-0.2, -0.15) is 0 Å². The fraction of sp³-hybridized carbons (Fsp3) is 0.562. The first-order valence-corrected chi connectivity index (χ1v) is 7.80. The second-order valence-electron chi connectivity index (χ2n) is 5.83. The Labute approximate surface area is 137 Å². The highest BCUT2D eigenvalue weighted by Crippen LogP contribution is 2.31. The molecule has 1 aromatic carbocycles. The third kappa shape index (κ3) is 3.99. The van der Waals surface area contributed by atoms with Gasteiger partial charge in [-0.3, -0.25) is 4.79 Å². The maximum atomic E-state index is 12.4. The van der Waals surface area contributed by atoms with E-state index in [1.807, 2.05) is 0 Å². The summed E-state index contributed by atoms with van der Waals surface area (Å²) in [4.78, 5) is 14.1. The molecule has 0 bridgehead atoms. The van der Waals surface area contributed by atoms with Gasteiger partial charge < -0.3 is 19.1 Å². The van der Waals surface area contributed by atoms with E-state index >= 15 is 0 Å². The number of amides is 1. The lowest BCUT2D eigenvalue weighted by molar-refractivity contribution is -0.281. The number of ether oxygens (including phenoxy) is 3. The Kier molecular flexibility index (Phi) is 4.69. The summed E-state index contributed by atoms with van der Waals surface area (Å²) in [6.07, 6.45) is -2.69. The van der Waals surface area contributed by atoms with Crippen LogP contribution in [0.4, 0.5) is 13.2 Å². The van der Waals surface area contributed by atoms with Crippen molar-refractivity contribution in [2.45, 2.75) is 31.4 Å². The average Bonchev–Trinajstić information content (AvgIpc) is 2.55. The number of hydrogen-bond donors (Lipinski definition) is 0. The number of nitrogens with zero attached hydrogens (tertiary/aromatic N) is 1. The maximum Gasteiger partial charge on any atom is 0.573 e. The standard InChI is InChI=1S/C16H18F3NO4/c17-16(18,19)24-13-4-2-12(3-5-13)14(21)20-8-6-15(7-9-20)22-10-1-11-23-15/h2-5H,1,6-11H2. The monoisotopic (exact) mass is 345 g/mol. The lowest BCUT2D eigenvalue weighted by Gasteiger charge is -2.43. The minimum Gasteiger partial charge on any atom is -0.406 e. The van der Waals surface area contributed by atoms with Crippen LogP contribution in [0.3, 0.4) is 0 Å². The van der Waals surface area contributed by atoms with E-state index < -0.39 is 12.1 Å². The lowest BCUT2D eigenvalue weighted by Crippen LogP contribution is -2.51. The molecule has 132 valence electrons. The maximum absolute atomic E-state index is 12.4. The van der Waals surface area contributed by atoms with E-state index in [1.165, 1.54) is 12.1 Å². The number of hydrogen-bond acceptors (Lipinski definition) is 4. The van der Waals surface area contributed by atoms with E-state index in [9.17, 15) is 18.0 Å². The molecule has 2 fully saturated rings. The summed E-state index contributed by atoms with van der Waals surface area (Å²) < 4.78 is 51.7. The minimum atomic E-state index is -4.74. The smallest absolute Gasteiger partial charge is 0.406 e. The predicted octanol–water partition coefficient (Wildman–Crippen LogP) is 2.95. The zero-order valence-electron chi connectivity index (χ0n) is 13.0. The number of carbonyl (C=O) groups is 1. The van der Waals surface area contributed by atoms with Gasteiger partial charge in [-0.1, -0.05) is 0 Å². The van der Waals surface area contributed by atoms with Crippen LogP contribution in [0.1, 0.15) is 29.6 Å². The summed E-state index contributed by atoms with van der Waals surface area (Å²) in [5.74, 6) is -1.15. The predicted molar refractivity (Wildman–Crippen MR) is 77.5 cm³/mol. The molecule has 0 unspecified atom stereocenters. The van der Waals surface area contributed by atoms with Crippen molar-refractivity contribution < 1.29 is 32.2 Å². The van der Waals surface area contributed by atoms with Crippen molar-refractivity contribution in [2.75, 3.05) is 26.3 Å². The Morgan fingerprint density at radius 3 is 2.21 bits per heavy atom. The van der Waals surface area contributed by atoms with E-state index in [1.54, 1.807) is 4.90 Å². The largest absolute Gasteiger partial charge is 0.573 e. The first-order chi connectivity index (χ1) is 11.4. The second-order valence-corrected chi connectivity index (χ2v) is 5.83. The Bertz CT molecular complexity index is 572. The van der Waals surface area contributed by atoms with Crippen LogP contribution in [-0.4, -0.2) is 49.3 Å². The van der Waals surface area contributed by atoms with Crippen LogP contribution in [0, 0.1) is 0 Å². The number of likely N-dealkylation sites (tertiary alicyclic amines) is 1. The molecule has 0 radical (unpaired) electrons. The molecule has 0 N–H and O–H groups in total. The number of benzene rings is 1. The van der Waals surface area contributed by atoms with Gasteiger partial charge in [0.25, 0.3) is 5.91 Å². The van der Waals surface area contributed by atoms with Crippen LogP contribution < -0.4 is 4.74 Å². The Morgan fingerprint density at radius 2 is 1.67 bits per heavy atom. The molecule has 1 aromatic rings. The van der Waals surface area contributed by atoms with Crippen molar-refractivity contribution in [2.24, 2.45) is 0 Å². The third-order valence-corrected chi connectivity index (χ3v) is 4.17. The van der Waals surface area contributed by atoms with Gasteiger partial charge in [0.15, 0.2) is 5.79 Å². The number of rotatable bonds is 2. The van der Waals surface area contributed by atoms with E-state index in [4.69, 9.17) is 9.47 Å². The molecular weight excluding hydrogens is 327 g/mol. The molecule has 1 spiro atoms. The van der Waals surface area contributed by atoms with Gasteiger partial charge in [0.2, 0.25) is 0 Å². The molecule has 0 aliphatic carbocycles. The molecule has 2 aliphatic rings. The molecule has 3 rings (SSSR count). The summed E-state index contributed by atoms with van der Waals surface area (Å²) in [6, 6.07) is 4.95. The molecule has 2 saturated heterocycles. The van der Waals surface area contributed by atoms with Gasteiger partial charge in [0, 0.05) is 31.5 Å². The first-order valence-electron chi connectivity index (χ1n) is 7.80. The van der Waals surface area contributed by atoms with Crippen LogP contribution in [0.5, 0.6) is 5.75 Å². The summed E-state index contributed by atoms with van der Waals surface area (Å²) in [6.45, 7) is 2.29. The van der Waals surface area contributed by atoms with E-state index in [0.29, 0.717) is 44.7 Å². The highest BCUT2D eigenvalue weighted by Gasteiger charge is 2.39. The minimum absolute atomic E-state index is 0.223. The van der Waals surface area contributed by atoms with Crippen LogP contribution in [-0.2, 0) is 9.47 Å². The van der Waals surface area contributed by atoms with Gasteiger partial charge in [-0.15, -0.1) is 13.2 Å². The zero-order valence-corrected chi connectivity index (χ0v) is 13.0. The van der Waals surface area contributed by atoms with Crippen molar-refractivity contribution in [3.8, 4) is 5.75 Å². The van der Waals surface area contributed by atoms with Gasteiger partial charge in [0.1, 0.15) is 5.75 Å². The van der Waals surface area contributed by atoms with Crippen LogP contribution in [0.15, 0.2) is 24.3 Å². The normalized spacial score (nSPS) is 20.9. The molecule has 2 heterocycles. The van der Waals surface area contributed by atoms with Crippen molar-refractivity contribution in [1.29, 1.82) is 0 Å². The van der Waals surface area contributed by atoms with Crippen LogP contribution in [0.2, 0.25) is 0 Å². The summed E-state index contributed by atoms with van der Waals surface area (Å²) >= 11 is 0. The molecule has 0 aromatic heterocycles. The van der Waals surface area contributed by atoms with Crippen molar-refractivity contribution >= 4 is 5.91 Å². The number of alkyl halides is 3. The first kappa shape index (κ1) is 17.0. The lowest BCUT2D eigenvalue weighted by atomic mass is 10.0. The summed E-state index contributed by atoms with van der Waals surface area (Å²) in [7, 11) is 0. The van der Waals surface area contributed by atoms with Crippen molar-refractivity contribution in [1.82, 2.24) is 4.90 Å². The molecule has 5 nitrogen and oxygen atoms in total.